The first-order valence-electron chi connectivity index (χ1n) is 6.19. The van der Waals surface area contributed by atoms with Gasteiger partial charge in [-0.05, 0) is 17.5 Å². The predicted octanol–water partition coefficient (Wildman–Crippen LogP) is 3.09. The van der Waals surface area contributed by atoms with E-state index in [0.717, 1.165) is 4.88 Å². The quantitative estimate of drug-likeness (QED) is 0.780. The number of nitrogens with one attached hydrogen (secondary N) is 2. The Morgan fingerprint density at radius 3 is 2.50 bits per heavy atom. The van der Waals surface area contributed by atoms with Crippen molar-refractivity contribution >= 4 is 34.9 Å². The van der Waals surface area contributed by atoms with Gasteiger partial charge in [0, 0.05) is 10.9 Å². The minimum Gasteiger partial charge on any atom is -0.481 e. The van der Waals surface area contributed by atoms with Gasteiger partial charge in [-0.1, -0.05) is 32.4 Å². The lowest BCUT2D eigenvalue weighted by Crippen LogP contribution is -2.48. The summed E-state index contributed by atoms with van der Waals surface area (Å²) in [6, 6.07) is 2.79. The smallest absolute Gasteiger partial charge is 0.315 e. The zero-order valence-corrected chi connectivity index (χ0v) is 13.3. The predicted molar refractivity (Wildman–Crippen MR) is 80.2 cm³/mol. The van der Waals surface area contributed by atoms with Crippen LogP contribution in [0.3, 0.4) is 0 Å². The number of carbonyl (C=O) groups excluding carboxylic acids is 1. The van der Waals surface area contributed by atoms with Crippen molar-refractivity contribution < 1.29 is 14.7 Å². The Morgan fingerprint density at radius 1 is 1.40 bits per heavy atom. The van der Waals surface area contributed by atoms with Gasteiger partial charge in [-0.2, -0.15) is 0 Å². The van der Waals surface area contributed by atoms with Crippen LogP contribution in [0, 0.1) is 5.41 Å². The zero-order valence-electron chi connectivity index (χ0n) is 11.7. The molecule has 1 heterocycles. The summed E-state index contributed by atoms with van der Waals surface area (Å²) in [5, 5.41) is 14.3. The fraction of sp³-hybridized carbons (Fsp3) is 0.538. The van der Waals surface area contributed by atoms with Gasteiger partial charge in [0.1, 0.15) is 0 Å². The van der Waals surface area contributed by atoms with Crippen LogP contribution in [0.2, 0.25) is 4.34 Å². The number of thiophene rings is 1. The van der Waals surface area contributed by atoms with Crippen LogP contribution in [0.25, 0.3) is 0 Å². The van der Waals surface area contributed by atoms with Gasteiger partial charge in [0.05, 0.1) is 17.3 Å². The summed E-state index contributed by atoms with van der Waals surface area (Å²) in [5.41, 5.74) is -0.331. The van der Waals surface area contributed by atoms with Crippen molar-refractivity contribution in [2.45, 2.75) is 39.8 Å². The number of aliphatic carboxylic acids is 1. The fourth-order valence-corrected chi connectivity index (χ4v) is 2.60. The third kappa shape index (κ3) is 5.79. The molecule has 0 bridgehead atoms. The lowest BCUT2D eigenvalue weighted by atomic mass is 9.85. The summed E-state index contributed by atoms with van der Waals surface area (Å²) in [6.07, 6.45) is -0.109. The molecule has 0 aliphatic carbocycles. The molecule has 0 saturated heterocycles. The topological polar surface area (TPSA) is 78.4 Å². The average Bonchev–Trinajstić information content (AvgIpc) is 2.70. The summed E-state index contributed by atoms with van der Waals surface area (Å²) in [6.45, 7) is 6.03. The number of hydrogen-bond acceptors (Lipinski definition) is 3. The molecule has 2 amide bonds. The van der Waals surface area contributed by atoms with Crippen LogP contribution in [-0.4, -0.2) is 23.1 Å². The third-order valence-electron chi connectivity index (χ3n) is 2.78. The first-order chi connectivity index (χ1) is 9.18. The number of amides is 2. The summed E-state index contributed by atoms with van der Waals surface area (Å²) in [7, 11) is 0. The van der Waals surface area contributed by atoms with Crippen LogP contribution in [0.1, 0.15) is 32.1 Å². The molecule has 1 rings (SSSR count). The van der Waals surface area contributed by atoms with Gasteiger partial charge in [-0.25, -0.2) is 4.79 Å². The lowest BCUT2D eigenvalue weighted by Gasteiger charge is -2.30. The second kappa shape index (κ2) is 6.95. The van der Waals surface area contributed by atoms with Crippen molar-refractivity contribution in [1.82, 2.24) is 10.6 Å². The van der Waals surface area contributed by atoms with Crippen LogP contribution < -0.4 is 10.6 Å². The van der Waals surface area contributed by atoms with Gasteiger partial charge in [-0.15, -0.1) is 11.3 Å². The summed E-state index contributed by atoms with van der Waals surface area (Å²) in [4.78, 5) is 23.6. The molecule has 20 heavy (non-hydrogen) atoms. The van der Waals surface area contributed by atoms with Gasteiger partial charge in [0.2, 0.25) is 0 Å². The minimum atomic E-state index is -0.935. The van der Waals surface area contributed by atoms with Crippen molar-refractivity contribution in [3.63, 3.8) is 0 Å². The number of carbonyl (C=O) groups is 2. The van der Waals surface area contributed by atoms with E-state index in [9.17, 15) is 9.59 Å². The molecule has 7 heteroatoms. The molecule has 0 aliphatic rings. The Labute approximate surface area is 127 Å². The van der Waals surface area contributed by atoms with Crippen molar-refractivity contribution in [2.24, 2.45) is 5.41 Å². The highest BCUT2D eigenvalue weighted by Gasteiger charge is 2.28. The number of urea groups is 1. The van der Waals surface area contributed by atoms with Crippen molar-refractivity contribution in [1.29, 1.82) is 0 Å². The molecule has 0 fully saturated rings. The normalized spacial score (nSPS) is 12.8. The summed E-state index contributed by atoms with van der Waals surface area (Å²) >= 11 is 7.20. The number of carboxylic acid groups (broad SMARTS) is 1. The summed E-state index contributed by atoms with van der Waals surface area (Å²) < 4.78 is 0.667. The zero-order chi connectivity index (χ0) is 15.3. The van der Waals surface area contributed by atoms with E-state index in [4.69, 9.17) is 16.7 Å². The van der Waals surface area contributed by atoms with Crippen LogP contribution in [0.15, 0.2) is 12.1 Å². The second-order valence-corrected chi connectivity index (χ2v) is 7.35. The first kappa shape index (κ1) is 16.8. The van der Waals surface area contributed by atoms with Crippen molar-refractivity contribution in [2.75, 3.05) is 0 Å². The van der Waals surface area contributed by atoms with E-state index in [1.165, 1.54) is 11.3 Å². The van der Waals surface area contributed by atoms with E-state index < -0.39 is 12.0 Å². The van der Waals surface area contributed by atoms with Gasteiger partial charge in [0.15, 0.2) is 0 Å². The molecule has 0 aliphatic heterocycles. The molecular formula is C13H19ClN2O3S. The molecule has 3 N–H and O–H groups in total. The first-order valence-corrected chi connectivity index (χ1v) is 7.38. The Balaban J connectivity index is 2.51. The van der Waals surface area contributed by atoms with E-state index in [1.807, 2.05) is 26.8 Å². The lowest BCUT2D eigenvalue weighted by molar-refractivity contribution is -0.138. The highest BCUT2D eigenvalue weighted by Crippen LogP contribution is 2.22. The SMILES string of the molecule is CC(C)(C)C(CC(=O)O)NC(=O)NCc1ccc(Cl)s1. The van der Waals surface area contributed by atoms with Crippen molar-refractivity contribution in [3.8, 4) is 0 Å². The maximum Gasteiger partial charge on any atom is 0.315 e. The molecule has 5 nitrogen and oxygen atoms in total. The van der Waals surface area contributed by atoms with Crippen molar-refractivity contribution in [3.05, 3.63) is 21.3 Å². The maximum atomic E-state index is 11.8. The molecule has 0 radical (unpaired) electrons. The van der Waals surface area contributed by atoms with Gasteiger partial charge in [0.25, 0.3) is 0 Å². The molecule has 0 spiro atoms. The number of halogens is 1. The average molecular weight is 319 g/mol. The highest BCUT2D eigenvalue weighted by atomic mass is 35.5. The molecule has 1 unspecified atom stereocenters. The third-order valence-corrected chi connectivity index (χ3v) is 4.01. The second-order valence-electron chi connectivity index (χ2n) is 5.55. The largest absolute Gasteiger partial charge is 0.481 e. The molecule has 0 aromatic carbocycles. The van der Waals surface area contributed by atoms with Gasteiger partial charge < -0.3 is 15.7 Å². The van der Waals surface area contributed by atoms with E-state index in [1.54, 1.807) is 6.07 Å². The van der Waals surface area contributed by atoms with Gasteiger partial charge >= 0.3 is 12.0 Å². The Bertz CT molecular complexity index is 482. The van der Waals surface area contributed by atoms with E-state index in [0.29, 0.717) is 10.9 Å². The minimum absolute atomic E-state index is 0.109. The molecule has 0 saturated carbocycles. The number of rotatable bonds is 5. The highest BCUT2D eigenvalue weighted by molar-refractivity contribution is 7.16. The molecule has 112 valence electrons. The molecule has 1 aromatic rings. The summed E-state index contributed by atoms with van der Waals surface area (Å²) in [5.74, 6) is -0.935. The molecule has 1 aromatic heterocycles. The van der Waals surface area contributed by atoms with Crippen LogP contribution in [0.5, 0.6) is 0 Å². The molecule has 1 atom stereocenters. The van der Waals surface area contributed by atoms with E-state index in [2.05, 4.69) is 10.6 Å². The van der Waals surface area contributed by atoms with Crippen LogP contribution in [0.4, 0.5) is 4.79 Å². The monoisotopic (exact) mass is 318 g/mol. The standard InChI is InChI=1S/C13H19ClN2O3S/c1-13(2,3)9(6-11(17)18)16-12(19)15-7-8-4-5-10(14)20-8/h4-5,9H,6-7H2,1-3H3,(H,17,18)(H2,15,16,19). The Morgan fingerprint density at radius 2 is 2.05 bits per heavy atom. The van der Waals surface area contributed by atoms with E-state index >= 15 is 0 Å². The number of carboxylic acids is 1. The van der Waals surface area contributed by atoms with E-state index in [-0.39, 0.29) is 17.9 Å². The fourth-order valence-electron chi connectivity index (χ4n) is 1.57. The maximum absolute atomic E-state index is 11.8. The van der Waals surface area contributed by atoms with Gasteiger partial charge in [-0.3, -0.25) is 4.79 Å². The van der Waals surface area contributed by atoms with Crippen LogP contribution >= 0.6 is 22.9 Å². The van der Waals surface area contributed by atoms with Crippen LogP contribution in [-0.2, 0) is 11.3 Å². The number of hydrogen-bond donors (Lipinski definition) is 3. The Kier molecular flexibility index (Phi) is 5.83. The molecular weight excluding hydrogens is 300 g/mol. The Hall–Kier alpha value is -1.27.